The molecule has 1 fully saturated rings. The lowest BCUT2D eigenvalue weighted by Gasteiger charge is -2.17. The second kappa shape index (κ2) is 8.30. The van der Waals surface area contributed by atoms with Crippen molar-refractivity contribution < 1.29 is 14.4 Å². The van der Waals surface area contributed by atoms with Crippen LogP contribution in [0.25, 0.3) is 0 Å². The fourth-order valence-corrected chi connectivity index (χ4v) is 4.14. The second-order valence-corrected chi connectivity index (χ2v) is 8.15. The van der Waals surface area contributed by atoms with Crippen LogP contribution in [-0.2, 0) is 9.59 Å². The zero-order valence-electron chi connectivity index (χ0n) is 15.6. The highest BCUT2D eigenvalue weighted by Crippen LogP contribution is 2.35. The summed E-state index contributed by atoms with van der Waals surface area (Å²) in [5.41, 5.74) is 1.21. The van der Waals surface area contributed by atoms with Crippen molar-refractivity contribution in [2.75, 3.05) is 23.3 Å². The predicted octanol–water partition coefficient (Wildman–Crippen LogP) is 4.67. The van der Waals surface area contributed by atoms with E-state index in [2.05, 4.69) is 5.32 Å². The molecule has 0 unspecified atom stereocenters. The van der Waals surface area contributed by atoms with Gasteiger partial charge in [0.05, 0.1) is 10.7 Å². The number of hydrogen-bond acceptors (Lipinski definition) is 4. The number of hydrogen-bond donors (Lipinski definition) is 1. The molecule has 0 spiro atoms. The number of halogens is 3. The van der Waals surface area contributed by atoms with E-state index in [0.29, 0.717) is 16.3 Å². The first-order valence-corrected chi connectivity index (χ1v) is 10.4. The van der Waals surface area contributed by atoms with Gasteiger partial charge in [-0.2, -0.15) is 0 Å². The van der Waals surface area contributed by atoms with Gasteiger partial charge in [-0.3, -0.25) is 14.4 Å². The summed E-state index contributed by atoms with van der Waals surface area (Å²) >= 11 is 18.2. The number of carbonyl (C=O) groups excluding carboxylic acids is 3. The van der Waals surface area contributed by atoms with Crippen LogP contribution in [0, 0.1) is 0 Å². The third kappa shape index (κ3) is 3.78. The van der Waals surface area contributed by atoms with Crippen LogP contribution in [0.1, 0.15) is 23.2 Å². The largest absolute Gasteiger partial charge is 0.350 e. The highest BCUT2D eigenvalue weighted by atomic mass is 35.5. The Balaban J connectivity index is 1.53. The molecule has 1 saturated heterocycles. The minimum absolute atomic E-state index is 0.0213. The molecule has 1 N–H and O–H groups in total. The maximum atomic E-state index is 12.9. The fourth-order valence-electron chi connectivity index (χ4n) is 3.44. The van der Waals surface area contributed by atoms with Crippen molar-refractivity contribution in [1.29, 1.82) is 0 Å². The van der Waals surface area contributed by atoms with Crippen LogP contribution >= 0.6 is 34.8 Å². The zero-order valence-corrected chi connectivity index (χ0v) is 17.9. The Kier molecular flexibility index (Phi) is 5.73. The molecule has 0 radical (unpaired) electrons. The SMILES string of the molecule is O=C(c1ccc(NC2=C(Cl)C(=O)N(c3ccc(Cl)cc3Cl)C2=O)cc1)N1CCCC1. The van der Waals surface area contributed by atoms with Crippen molar-refractivity contribution >= 4 is 63.9 Å². The lowest BCUT2D eigenvalue weighted by atomic mass is 10.2. The van der Waals surface area contributed by atoms with Crippen LogP contribution in [-0.4, -0.2) is 35.7 Å². The quantitative estimate of drug-likeness (QED) is 0.668. The average Bonchev–Trinajstić information content (AvgIpc) is 3.33. The van der Waals surface area contributed by atoms with Crippen molar-refractivity contribution in [1.82, 2.24) is 4.90 Å². The molecule has 2 aliphatic rings. The fraction of sp³-hybridized carbons (Fsp3) is 0.190. The van der Waals surface area contributed by atoms with E-state index in [0.717, 1.165) is 30.8 Å². The lowest BCUT2D eigenvalue weighted by Crippen LogP contribution is -2.32. The number of nitrogens with zero attached hydrogens (tertiary/aromatic N) is 2. The lowest BCUT2D eigenvalue weighted by molar-refractivity contribution is -0.120. The van der Waals surface area contributed by atoms with Gasteiger partial charge < -0.3 is 10.2 Å². The maximum absolute atomic E-state index is 12.9. The maximum Gasteiger partial charge on any atom is 0.283 e. The van der Waals surface area contributed by atoms with E-state index >= 15 is 0 Å². The van der Waals surface area contributed by atoms with E-state index < -0.39 is 11.8 Å². The molecule has 30 heavy (non-hydrogen) atoms. The molecule has 9 heteroatoms. The molecular formula is C21H16Cl3N3O3. The monoisotopic (exact) mass is 463 g/mol. The first-order chi connectivity index (χ1) is 14.4. The molecule has 0 aromatic heterocycles. The van der Waals surface area contributed by atoms with Gasteiger partial charge in [-0.15, -0.1) is 0 Å². The van der Waals surface area contributed by atoms with E-state index in [4.69, 9.17) is 34.8 Å². The van der Waals surface area contributed by atoms with Crippen molar-refractivity contribution in [3.05, 3.63) is 68.8 Å². The molecule has 2 heterocycles. The normalized spacial score (nSPS) is 16.6. The van der Waals surface area contributed by atoms with Crippen molar-refractivity contribution in [2.24, 2.45) is 0 Å². The Bertz CT molecular complexity index is 1080. The molecule has 0 aliphatic carbocycles. The zero-order chi connectivity index (χ0) is 21.4. The topological polar surface area (TPSA) is 69.7 Å². The standard InChI is InChI=1S/C21H16Cl3N3O3/c22-13-5-8-16(15(23)11-13)27-20(29)17(24)18(21(27)30)25-14-6-3-12(4-7-14)19(28)26-9-1-2-10-26/h3-8,11,25H,1-2,9-10H2. The van der Waals surface area contributed by atoms with Gasteiger partial charge in [0.2, 0.25) is 0 Å². The second-order valence-electron chi connectivity index (χ2n) is 6.93. The van der Waals surface area contributed by atoms with Gasteiger partial charge in [-0.1, -0.05) is 34.8 Å². The molecule has 0 saturated carbocycles. The third-order valence-corrected chi connectivity index (χ3v) is 5.86. The molecule has 4 rings (SSSR count). The minimum atomic E-state index is -0.686. The Morgan fingerprint density at radius 1 is 0.900 bits per heavy atom. The van der Waals surface area contributed by atoms with Gasteiger partial charge >= 0.3 is 0 Å². The van der Waals surface area contributed by atoms with Gasteiger partial charge in [0.1, 0.15) is 10.7 Å². The number of nitrogens with one attached hydrogen (secondary N) is 1. The number of likely N-dealkylation sites (tertiary alicyclic amines) is 1. The molecule has 0 atom stereocenters. The van der Waals surface area contributed by atoms with Crippen LogP contribution in [0.5, 0.6) is 0 Å². The Morgan fingerprint density at radius 2 is 1.57 bits per heavy atom. The average molecular weight is 465 g/mol. The van der Waals surface area contributed by atoms with Gasteiger partial charge in [-0.25, -0.2) is 4.90 Å². The van der Waals surface area contributed by atoms with E-state index in [1.165, 1.54) is 18.2 Å². The molecule has 3 amide bonds. The highest BCUT2D eigenvalue weighted by Gasteiger charge is 2.39. The number of amides is 3. The van der Waals surface area contributed by atoms with Crippen molar-refractivity contribution in [3.8, 4) is 0 Å². The van der Waals surface area contributed by atoms with Gasteiger partial charge in [0.25, 0.3) is 17.7 Å². The van der Waals surface area contributed by atoms with Crippen LogP contribution in [0.15, 0.2) is 53.2 Å². The van der Waals surface area contributed by atoms with Gasteiger partial charge in [0, 0.05) is 29.4 Å². The van der Waals surface area contributed by atoms with Crippen LogP contribution in [0.2, 0.25) is 10.0 Å². The molecule has 6 nitrogen and oxygen atoms in total. The summed E-state index contributed by atoms with van der Waals surface area (Å²) in [5.74, 6) is -1.34. The van der Waals surface area contributed by atoms with E-state index in [1.807, 2.05) is 4.90 Å². The minimum Gasteiger partial charge on any atom is -0.350 e. The van der Waals surface area contributed by atoms with Gasteiger partial charge in [-0.05, 0) is 55.3 Å². The number of imide groups is 1. The Labute approximate surface area is 188 Å². The Morgan fingerprint density at radius 3 is 2.20 bits per heavy atom. The number of carbonyl (C=O) groups is 3. The Hall–Kier alpha value is -2.54. The summed E-state index contributed by atoms with van der Waals surface area (Å²) in [6.45, 7) is 1.53. The summed E-state index contributed by atoms with van der Waals surface area (Å²) < 4.78 is 0. The van der Waals surface area contributed by atoms with E-state index in [-0.39, 0.29) is 27.3 Å². The first kappa shape index (κ1) is 20.7. The molecule has 2 aromatic rings. The third-order valence-electron chi connectivity index (χ3n) is 4.97. The van der Waals surface area contributed by atoms with Crippen LogP contribution in [0.3, 0.4) is 0 Å². The van der Waals surface area contributed by atoms with E-state index in [9.17, 15) is 14.4 Å². The van der Waals surface area contributed by atoms with Crippen molar-refractivity contribution in [3.63, 3.8) is 0 Å². The van der Waals surface area contributed by atoms with Crippen LogP contribution in [0.4, 0.5) is 11.4 Å². The summed E-state index contributed by atoms with van der Waals surface area (Å²) in [6.07, 6.45) is 2.03. The van der Waals surface area contributed by atoms with Crippen LogP contribution < -0.4 is 10.2 Å². The molecule has 2 aliphatic heterocycles. The molecule has 2 aromatic carbocycles. The summed E-state index contributed by atoms with van der Waals surface area (Å²) in [5, 5.41) is 3.16. The smallest absolute Gasteiger partial charge is 0.283 e. The van der Waals surface area contributed by atoms with Gasteiger partial charge in [0.15, 0.2) is 0 Å². The summed E-state index contributed by atoms with van der Waals surface area (Å²) in [4.78, 5) is 40.6. The number of rotatable bonds is 4. The summed E-state index contributed by atoms with van der Waals surface area (Å²) in [6, 6.07) is 11.1. The predicted molar refractivity (Wildman–Crippen MR) is 117 cm³/mol. The van der Waals surface area contributed by atoms with E-state index in [1.54, 1.807) is 24.3 Å². The molecule has 154 valence electrons. The van der Waals surface area contributed by atoms with Crippen molar-refractivity contribution in [2.45, 2.75) is 12.8 Å². The number of benzene rings is 2. The number of anilines is 2. The molecular weight excluding hydrogens is 449 g/mol. The first-order valence-electron chi connectivity index (χ1n) is 9.27. The molecule has 0 bridgehead atoms. The summed E-state index contributed by atoms with van der Waals surface area (Å²) in [7, 11) is 0. The highest BCUT2D eigenvalue weighted by molar-refractivity contribution is 6.53.